The van der Waals surface area contributed by atoms with Crippen LogP contribution in [0, 0.1) is 0 Å². The highest BCUT2D eigenvalue weighted by Crippen LogP contribution is 2.06. The highest BCUT2D eigenvalue weighted by Gasteiger charge is 2.05. The zero-order valence-electron chi connectivity index (χ0n) is 11.2. The van der Waals surface area contributed by atoms with Crippen LogP contribution in [0.2, 0.25) is 0 Å². The molecular weight excluding hydrogens is 234 g/mol. The summed E-state index contributed by atoms with van der Waals surface area (Å²) in [5.41, 5.74) is 8.36. The molecule has 0 aliphatic heterocycles. The molecule has 1 aromatic heterocycles. The summed E-state index contributed by atoms with van der Waals surface area (Å²) in [4.78, 5) is 6.44. The van der Waals surface area contributed by atoms with Crippen molar-refractivity contribution in [1.29, 1.82) is 0 Å². The lowest BCUT2D eigenvalue weighted by Gasteiger charge is -2.21. The van der Waals surface area contributed by atoms with Gasteiger partial charge in [0.1, 0.15) is 0 Å². The Labute approximate surface area is 115 Å². The number of aromatic nitrogens is 1. The van der Waals surface area contributed by atoms with Crippen LogP contribution in [0.3, 0.4) is 0 Å². The van der Waals surface area contributed by atoms with E-state index < -0.39 is 0 Å². The smallest absolute Gasteiger partial charge is 0.0270 e. The maximum atomic E-state index is 5.70. The van der Waals surface area contributed by atoms with Gasteiger partial charge in [-0.3, -0.25) is 9.88 Å². The third kappa shape index (κ3) is 4.81. The van der Waals surface area contributed by atoms with Crippen LogP contribution in [-0.4, -0.2) is 29.5 Å². The Morgan fingerprint density at radius 3 is 2.32 bits per heavy atom. The highest BCUT2D eigenvalue weighted by molar-refractivity contribution is 5.15. The van der Waals surface area contributed by atoms with Crippen LogP contribution in [0.25, 0.3) is 0 Å². The molecule has 2 rings (SSSR count). The largest absolute Gasteiger partial charge is 0.329 e. The highest BCUT2D eigenvalue weighted by atomic mass is 15.1. The Morgan fingerprint density at radius 1 is 0.895 bits per heavy atom. The number of pyridine rings is 1. The SMILES string of the molecule is NCCN(CCc1ccncc1)Cc1ccccc1. The van der Waals surface area contributed by atoms with Gasteiger partial charge >= 0.3 is 0 Å². The van der Waals surface area contributed by atoms with E-state index in [1.54, 1.807) is 0 Å². The van der Waals surface area contributed by atoms with Gasteiger partial charge < -0.3 is 5.73 Å². The number of nitrogens with two attached hydrogens (primary N) is 1. The van der Waals surface area contributed by atoms with Crippen molar-refractivity contribution in [2.75, 3.05) is 19.6 Å². The van der Waals surface area contributed by atoms with Gasteiger partial charge in [-0.15, -0.1) is 0 Å². The molecule has 0 amide bonds. The maximum absolute atomic E-state index is 5.70. The summed E-state index contributed by atoms with van der Waals surface area (Å²) in [6.07, 6.45) is 4.73. The Morgan fingerprint density at radius 2 is 1.63 bits per heavy atom. The van der Waals surface area contributed by atoms with Gasteiger partial charge in [0.05, 0.1) is 0 Å². The van der Waals surface area contributed by atoms with Crippen molar-refractivity contribution in [3.8, 4) is 0 Å². The van der Waals surface area contributed by atoms with Crippen LogP contribution in [0.4, 0.5) is 0 Å². The Balaban J connectivity index is 1.89. The van der Waals surface area contributed by atoms with Crippen LogP contribution in [0.15, 0.2) is 54.9 Å². The Kier molecular flexibility index (Phi) is 5.53. The van der Waals surface area contributed by atoms with Crippen molar-refractivity contribution in [3.05, 3.63) is 66.0 Å². The fraction of sp³-hybridized carbons (Fsp3) is 0.312. The van der Waals surface area contributed by atoms with Gasteiger partial charge in [-0.05, 0) is 29.7 Å². The molecule has 100 valence electrons. The molecule has 1 heterocycles. The van der Waals surface area contributed by atoms with Crippen molar-refractivity contribution < 1.29 is 0 Å². The predicted octanol–water partition coefficient (Wildman–Crippen LogP) is 2.08. The van der Waals surface area contributed by atoms with Crippen LogP contribution in [0.1, 0.15) is 11.1 Å². The molecule has 3 nitrogen and oxygen atoms in total. The standard InChI is InChI=1S/C16H21N3/c17-9-13-19(14-16-4-2-1-3-5-16)12-8-15-6-10-18-11-7-15/h1-7,10-11H,8-9,12-14,17H2. The molecule has 2 aromatic rings. The van der Waals surface area contributed by atoms with Crippen LogP contribution < -0.4 is 5.73 Å². The molecule has 3 heteroatoms. The molecule has 0 saturated carbocycles. The molecule has 0 aliphatic rings. The number of hydrogen-bond donors (Lipinski definition) is 1. The summed E-state index contributed by atoms with van der Waals surface area (Å²) in [6.45, 7) is 3.61. The van der Waals surface area contributed by atoms with Gasteiger partial charge in [0.25, 0.3) is 0 Å². The van der Waals surface area contributed by atoms with E-state index in [1.165, 1.54) is 11.1 Å². The second-order valence-electron chi connectivity index (χ2n) is 4.66. The molecule has 0 radical (unpaired) electrons. The lowest BCUT2D eigenvalue weighted by atomic mass is 10.1. The third-order valence-electron chi connectivity index (χ3n) is 3.16. The Hall–Kier alpha value is -1.71. The van der Waals surface area contributed by atoms with E-state index in [1.807, 2.05) is 18.5 Å². The Bertz CT molecular complexity index is 456. The van der Waals surface area contributed by atoms with Gasteiger partial charge in [0.15, 0.2) is 0 Å². The first kappa shape index (κ1) is 13.7. The van der Waals surface area contributed by atoms with E-state index in [0.717, 1.165) is 26.1 Å². The molecule has 0 spiro atoms. The normalized spacial score (nSPS) is 10.8. The number of benzene rings is 1. The van der Waals surface area contributed by atoms with Gasteiger partial charge in [-0.2, -0.15) is 0 Å². The first-order valence-electron chi connectivity index (χ1n) is 6.74. The fourth-order valence-corrected chi connectivity index (χ4v) is 2.13. The zero-order chi connectivity index (χ0) is 13.3. The van der Waals surface area contributed by atoms with E-state index in [-0.39, 0.29) is 0 Å². The topological polar surface area (TPSA) is 42.1 Å². The van der Waals surface area contributed by atoms with Crippen molar-refractivity contribution in [3.63, 3.8) is 0 Å². The quantitative estimate of drug-likeness (QED) is 0.823. The molecule has 0 unspecified atom stereocenters. The summed E-state index contributed by atoms with van der Waals surface area (Å²) in [5.74, 6) is 0. The van der Waals surface area contributed by atoms with Crippen molar-refractivity contribution in [2.24, 2.45) is 5.73 Å². The van der Waals surface area contributed by atoms with Crippen molar-refractivity contribution >= 4 is 0 Å². The number of hydrogen-bond acceptors (Lipinski definition) is 3. The number of nitrogens with zero attached hydrogens (tertiary/aromatic N) is 2. The molecule has 1 aromatic carbocycles. The van der Waals surface area contributed by atoms with Gasteiger partial charge in [0.2, 0.25) is 0 Å². The molecule has 0 saturated heterocycles. The minimum Gasteiger partial charge on any atom is -0.329 e. The predicted molar refractivity (Wildman–Crippen MR) is 78.7 cm³/mol. The molecule has 19 heavy (non-hydrogen) atoms. The monoisotopic (exact) mass is 255 g/mol. The summed E-state index contributed by atoms with van der Waals surface area (Å²) in [7, 11) is 0. The second kappa shape index (κ2) is 7.67. The average Bonchev–Trinajstić information content (AvgIpc) is 2.47. The van der Waals surface area contributed by atoms with Gasteiger partial charge in [0, 0.05) is 38.6 Å². The van der Waals surface area contributed by atoms with E-state index in [0.29, 0.717) is 6.54 Å². The number of rotatable bonds is 7. The van der Waals surface area contributed by atoms with E-state index in [4.69, 9.17) is 5.73 Å². The average molecular weight is 255 g/mol. The summed E-state index contributed by atoms with van der Waals surface area (Å²) < 4.78 is 0. The molecule has 0 aliphatic carbocycles. The van der Waals surface area contributed by atoms with Crippen LogP contribution in [0.5, 0.6) is 0 Å². The summed E-state index contributed by atoms with van der Waals surface area (Å²) in [5, 5.41) is 0. The van der Waals surface area contributed by atoms with Gasteiger partial charge in [-0.25, -0.2) is 0 Å². The molecular formula is C16H21N3. The minimum atomic E-state index is 0.698. The zero-order valence-corrected chi connectivity index (χ0v) is 11.2. The molecule has 2 N–H and O–H groups in total. The van der Waals surface area contributed by atoms with Crippen molar-refractivity contribution in [2.45, 2.75) is 13.0 Å². The second-order valence-corrected chi connectivity index (χ2v) is 4.66. The molecule has 0 fully saturated rings. The summed E-state index contributed by atoms with van der Waals surface area (Å²) in [6, 6.07) is 14.7. The minimum absolute atomic E-state index is 0.698. The summed E-state index contributed by atoms with van der Waals surface area (Å²) >= 11 is 0. The van der Waals surface area contributed by atoms with Crippen LogP contribution in [-0.2, 0) is 13.0 Å². The maximum Gasteiger partial charge on any atom is 0.0270 e. The van der Waals surface area contributed by atoms with Crippen LogP contribution >= 0.6 is 0 Å². The lowest BCUT2D eigenvalue weighted by molar-refractivity contribution is 0.276. The lowest BCUT2D eigenvalue weighted by Crippen LogP contribution is -2.31. The molecule has 0 bridgehead atoms. The van der Waals surface area contributed by atoms with E-state index >= 15 is 0 Å². The third-order valence-corrected chi connectivity index (χ3v) is 3.16. The van der Waals surface area contributed by atoms with Gasteiger partial charge in [-0.1, -0.05) is 30.3 Å². The molecule has 0 atom stereocenters. The first-order valence-corrected chi connectivity index (χ1v) is 6.74. The fourth-order valence-electron chi connectivity index (χ4n) is 2.13. The van der Waals surface area contributed by atoms with E-state index in [2.05, 4.69) is 46.3 Å². The van der Waals surface area contributed by atoms with E-state index in [9.17, 15) is 0 Å². The first-order chi connectivity index (χ1) is 9.38. The van der Waals surface area contributed by atoms with Crippen molar-refractivity contribution in [1.82, 2.24) is 9.88 Å².